The van der Waals surface area contributed by atoms with Crippen molar-refractivity contribution in [3.05, 3.63) is 22.7 Å². The molecule has 2 rings (SSSR count). The fourth-order valence-electron chi connectivity index (χ4n) is 2.56. The number of anilines is 2. The van der Waals surface area contributed by atoms with E-state index >= 15 is 0 Å². The van der Waals surface area contributed by atoms with E-state index in [0.717, 1.165) is 18.5 Å². The predicted molar refractivity (Wildman–Crippen MR) is 82.3 cm³/mol. The second kappa shape index (κ2) is 6.84. The van der Waals surface area contributed by atoms with Crippen LogP contribution < -0.4 is 11.1 Å². The van der Waals surface area contributed by atoms with Crippen molar-refractivity contribution in [1.82, 2.24) is 0 Å². The molecule has 4 nitrogen and oxygen atoms in total. The fourth-order valence-corrected chi connectivity index (χ4v) is 2.84. The molecule has 1 aromatic rings. The van der Waals surface area contributed by atoms with Crippen molar-refractivity contribution in [3.63, 3.8) is 0 Å². The van der Waals surface area contributed by atoms with Crippen molar-refractivity contribution >= 4 is 28.9 Å². The van der Waals surface area contributed by atoms with E-state index in [9.17, 15) is 4.79 Å². The number of nitrogen functional groups attached to an aromatic ring is 1. The Morgan fingerprint density at radius 1 is 1.40 bits per heavy atom. The summed E-state index contributed by atoms with van der Waals surface area (Å²) >= 11 is 6.25. The minimum Gasteiger partial charge on any atom is -0.462 e. The summed E-state index contributed by atoms with van der Waals surface area (Å²) in [5.74, 6) is -0.398. The first-order valence-electron chi connectivity index (χ1n) is 7.14. The van der Waals surface area contributed by atoms with Gasteiger partial charge in [0.2, 0.25) is 0 Å². The molecule has 0 saturated heterocycles. The molecule has 0 aromatic heterocycles. The monoisotopic (exact) mass is 296 g/mol. The van der Waals surface area contributed by atoms with Crippen LogP contribution in [0.15, 0.2) is 12.1 Å². The van der Waals surface area contributed by atoms with E-state index in [4.69, 9.17) is 22.1 Å². The first-order valence-corrected chi connectivity index (χ1v) is 7.52. The molecule has 1 aliphatic carbocycles. The SMILES string of the molecule is CCOC(=O)c1cc(N)c(NC2CCCCC2)c(Cl)c1. The largest absolute Gasteiger partial charge is 0.462 e. The standard InChI is InChI=1S/C15H21ClN2O2/c1-2-20-15(19)10-8-12(16)14(13(17)9-10)18-11-6-4-3-5-7-11/h8-9,11,18H,2-7,17H2,1H3. The number of nitrogens with two attached hydrogens (primary N) is 1. The van der Waals surface area contributed by atoms with Crippen LogP contribution in [0.2, 0.25) is 5.02 Å². The molecule has 0 unspecified atom stereocenters. The Balaban J connectivity index is 2.15. The normalized spacial score (nSPS) is 15.9. The van der Waals surface area contributed by atoms with Crippen molar-refractivity contribution in [2.75, 3.05) is 17.7 Å². The van der Waals surface area contributed by atoms with Crippen molar-refractivity contribution in [2.45, 2.75) is 45.1 Å². The number of hydrogen-bond acceptors (Lipinski definition) is 4. The van der Waals surface area contributed by atoms with Gasteiger partial charge in [-0.15, -0.1) is 0 Å². The van der Waals surface area contributed by atoms with Gasteiger partial charge < -0.3 is 15.8 Å². The third-order valence-electron chi connectivity index (χ3n) is 3.59. The van der Waals surface area contributed by atoms with Gasteiger partial charge in [-0.3, -0.25) is 0 Å². The van der Waals surface area contributed by atoms with Crippen LogP contribution in [0.3, 0.4) is 0 Å². The molecule has 0 heterocycles. The molecule has 5 heteroatoms. The van der Waals surface area contributed by atoms with Gasteiger partial charge in [0.15, 0.2) is 0 Å². The molecule has 1 aromatic carbocycles. The molecule has 0 aliphatic heterocycles. The second-order valence-corrected chi connectivity index (χ2v) is 5.53. The molecule has 0 radical (unpaired) electrons. The second-order valence-electron chi connectivity index (χ2n) is 5.12. The van der Waals surface area contributed by atoms with Crippen LogP contribution in [0, 0.1) is 0 Å². The van der Waals surface area contributed by atoms with Crippen molar-refractivity contribution in [3.8, 4) is 0 Å². The zero-order chi connectivity index (χ0) is 14.5. The summed E-state index contributed by atoms with van der Waals surface area (Å²) in [5.41, 5.74) is 7.63. The Bertz CT molecular complexity index is 462. The molecule has 20 heavy (non-hydrogen) atoms. The van der Waals surface area contributed by atoms with E-state index in [0.29, 0.717) is 28.9 Å². The Morgan fingerprint density at radius 3 is 2.70 bits per heavy atom. The highest BCUT2D eigenvalue weighted by atomic mass is 35.5. The van der Waals surface area contributed by atoms with Gasteiger partial charge >= 0.3 is 5.97 Å². The molecule has 1 saturated carbocycles. The van der Waals surface area contributed by atoms with E-state index in [-0.39, 0.29) is 0 Å². The van der Waals surface area contributed by atoms with Gasteiger partial charge in [-0.05, 0) is 31.9 Å². The van der Waals surface area contributed by atoms with Crippen LogP contribution in [-0.4, -0.2) is 18.6 Å². The molecule has 0 amide bonds. The number of carbonyl (C=O) groups is 1. The Kier molecular flexibility index (Phi) is 5.12. The Morgan fingerprint density at radius 2 is 2.10 bits per heavy atom. The lowest BCUT2D eigenvalue weighted by Crippen LogP contribution is -2.23. The van der Waals surface area contributed by atoms with Crippen molar-refractivity contribution in [1.29, 1.82) is 0 Å². The summed E-state index contributed by atoms with van der Waals surface area (Å²) in [7, 11) is 0. The number of rotatable bonds is 4. The fraction of sp³-hybridized carbons (Fsp3) is 0.533. The Labute approximate surface area is 124 Å². The minimum absolute atomic E-state index is 0.332. The van der Waals surface area contributed by atoms with Crippen LogP contribution in [0.25, 0.3) is 0 Å². The molecule has 1 fully saturated rings. The zero-order valence-electron chi connectivity index (χ0n) is 11.7. The molecule has 3 N–H and O–H groups in total. The number of hydrogen-bond donors (Lipinski definition) is 2. The lowest BCUT2D eigenvalue weighted by molar-refractivity contribution is 0.0526. The zero-order valence-corrected chi connectivity index (χ0v) is 12.5. The number of halogens is 1. The summed E-state index contributed by atoms with van der Waals surface area (Å²) in [5, 5.41) is 3.88. The summed E-state index contributed by atoms with van der Waals surface area (Å²) < 4.78 is 4.95. The summed E-state index contributed by atoms with van der Waals surface area (Å²) in [6.07, 6.45) is 6.03. The van der Waals surface area contributed by atoms with E-state index in [2.05, 4.69) is 5.32 Å². The highest BCUT2D eigenvalue weighted by Gasteiger charge is 2.18. The van der Waals surface area contributed by atoms with E-state index < -0.39 is 5.97 Å². The maximum absolute atomic E-state index is 11.7. The summed E-state index contributed by atoms with van der Waals surface area (Å²) in [6.45, 7) is 2.10. The van der Waals surface area contributed by atoms with Crippen molar-refractivity contribution in [2.24, 2.45) is 0 Å². The van der Waals surface area contributed by atoms with Gasteiger partial charge in [-0.25, -0.2) is 4.79 Å². The lowest BCUT2D eigenvalue weighted by atomic mass is 9.95. The highest BCUT2D eigenvalue weighted by molar-refractivity contribution is 6.34. The maximum atomic E-state index is 11.7. The van der Waals surface area contributed by atoms with Crippen LogP contribution in [-0.2, 0) is 4.74 Å². The van der Waals surface area contributed by atoms with Crippen LogP contribution >= 0.6 is 11.6 Å². The smallest absolute Gasteiger partial charge is 0.338 e. The number of esters is 1. The third kappa shape index (κ3) is 3.57. The Hall–Kier alpha value is -1.42. The van der Waals surface area contributed by atoms with E-state index in [1.54, 1.807) is 19.1 Å². The van der Waals surface area contributed by atoms with Gasteiger partial charge in [0.05, 0.1) is 28.6 Å². The molecule has 0 atom stereocenters. The van der Waals surface area contributed by atoms with Gasteiger partial charge in [-0.2, -0.15) is 0 Å². The number of ether oxygens (including phenoxy) is 1. The molecule has 0 spiro atoms. The maximum Gasteiger partial charge on any atom is 0.338 e. The molecular formula is C15H21ClN2O2. The van der Waals surface area contributed by atoms with Crippen LogP contribution in [0.5, 0.6) is 0 Å². The van der Waals surface area contributed by atoms with Crippen LogP contribution in [0.4, 0.5) is 11.4 Å². The number of benzene rings is 1. The average Bonchev–Trinajstić information content (AvgIpc) is 2.44. The van der Waals surface area contributed by atoms with Crippen LogP contribution in [0.1, 0.15) is 49.4 Å². The van der Waals surface area contributed by atoms with Crippen molar-refractivity contribution < 1.29 is 9.53 Å². The summed E-state index contributed by atoms with van der Waals surface area (Å²) in [6, 6.07) is 3.65. The number of carbonyl (C=O) groups excluding carboxylic acids is 1. The molecular weight excluding hydrogens is 276 g/mol. The van der Waals surface area contributed by atoms with E-state index in [1.165, 1.54) is 19.3 Å². The number of nitrogens with one attached hydrogen (secondary N) is 1. The highest BCUT2D eigenvalue weighted by Crippen LogP contribution is 2.33. The van der Waals surface area contributed by atoms with Gasteiger partial charge in [-0.1, -0.05) is 30.9 Å². The molecule has 110 valence electrons. The van der Waals surface area contributed by atoms with Gasteiger partial charge in [0.25, 0.3) is 0 Å². The van der Waals surface area contributed by atoms with Gasteiger partial charge in [0, 0.05) is 6.04 Å². The quantitative estimate of drug-likeness (QED) is 0.654. The minimum atomic E-state index is -0.398. The third-order valence-corrected chi connectivity index (χ3v) is 3.88. The molecule has 0 bridgehead atoms. The topological polar surface area (TPSA) is 64.3 Å². The summed E-state index contributed by atoms with van der Waals surface area (Å²) in [4.78, 5) is 11.7. The lowest BCUT2D eigenvalue weighted by Gasteiger charge is -2.25. The molecule has 1 aliphatic rings. The average molecular weight is 297 g/mol. The van der Waals surface area contributed by atoms with Gasteiger partial charge in [0.1, 0.15) is 0 Å². The first-order chi connectivity index (χ1) is 9.61. The van der Waals surface area contributed by atoms with E-state index in [1.807, 2.05) is 0 Å². The first kappa shape index (κ1) is 15.0. The predicted octanol–water partition coefficient (Wildman–Crippen LogP) is 3.84.